The first kappa shape index (κ1) is 20.7. The van der Waals surface area contributed by atoms with Crippen molar-refractivity contribution in [2.24, 2.45) is 0 Å². The number of hydrogen-bond acceptors (Lipinski definition) is 10. The average Bonchev–Trinajstić information content (AvgIpc) is 3.56. The molecule has 10 nitrogen and oxygen atoms in total. The van der Waals surface area contributed by atoms with Gasteiger partial charge in [-0.3, -0.25) is 0 Å². The molecule has 2 aromatic rings. The summed E-state index contributed by atoms with van der Waals surface area (Å²) in [5, 5.41) is 48.6. The van der Waals surface area contributed by atoms with Gasteiger partial charge >= 0.3 is 0 Å². The van der Waals surface area contributed by atoms with Gasteiger partial charge in [0.1, 0.15) is 65.3 Å². The van der Waals surface area contributed by atoms with Crippen LogP contribution in [-0.2, 0) is 24.5 Å². The maximum atomic E-state index is 10.7. The molecule has 5 aliphatic rings. The molecule has 9 atom stereocenters. The first-order valence-electron chi connectivity index (χ1n) is 11.5. The van der Waals surface area contributed by atoms with Crippen molar-refractivity contribution in [3.8, 4) is 11.5 Å². The summed E-state index contributed by atoms with van der Waals surface area (Å²) >= 11 is 0. The molecule has 0 amide bonds. The zero-order valence-electron chi connectivity index (χ0n) is 18.1. The number of aliphatic hydroxyl groups is 2. The predicted molar refractivity (Wildman–Crippen MR) is 118 cm³/mol. The van der Waals surface area contributed by atoms with Crippen LogP contribution in [0.3, 0.4) is 0 Å². The number of phenols is 2. The molecule has 10 heteroatoms. The topological polar surface area (TPSA) is 142 Å². The van der Waals surface area contributed by atoms with E-state index < -0.39 is 53.8 Å². The third-order valence-electron chi connectivity index (χ3n) is 7.93. The zero-order chi connectivity index (χ0) is 23.2. The monoisotopic (exact) mass is 470 g/mol. The Bertz CT molecular complexity index is 1130. The number of phenolic OH excluding ortho intramolecular Hbond substituents is 2. The molecule has 4 saturated heterocycles. The molecule has 0 aromatic heterocycles. The number of rotatable bonds is 2. The Kier molecular flexibility index (Phi) is 4.25. The van der Waals surface area contributed by atoms with Crippen LogP contribution < -0.4 is 10.6 Å². The molecule has 6 N–H and O–H groups in total. The molecule has 0 bridgehead atoms. The van der Waals surface area contributed by atoms with E-state index >= 15 is 0 Å². The molecule has 4 fully saturated rings. The first-order valence-corrected chi connectivity index (χ1v) is 11.5. The highest BCUT2D eigenvalue weighted by atomic mass is 16.6. The fourth-order valence-corrected chi connectivity index (χ4v) is 6.55. The van der Waals surface area contributed by atoms with Crippen molar-refractivity contribution < 1.29 is 39.4 Å². The third kappa shape index (κ3) is 2.55. The normalized spacial score (nSPS) is 43.8. The average molecular weight is 470 g/mol. The van der Waals surface area contributed by atoms with Crippen LogP contribution in [0.15, 0.2) is 42.5 Å². The summed E-state index contributed by atoms with van der Waals surface area (Å²) in [7, 11) is 0. The second-order valence-electron chi connectivity index (χ2n) is 9.84. The lowest BCUT2D eigenvalue weighted by Crippen LogP contribution is -2.70. The number of ether oxygens (including phenoxy) is 4. The van der Waals surface area contributed by atoms with Crippen LogP contribution in [0.5, 0.6) is 11.5 Å². The Morgan fingerprint density at radius 2 is 1.56 bits per heavy atom. The number of nitrogens with one attached hydrogen (secondary N) is 2. The van der Waals surface area contributed by atoms with Crippen LogP contribution in [0, 0.1) is 0 Å². The largest absolute Gasteiger partial charge is 0.508 e. The third-order valence-corrected chi connectivity index (χ3v) is 7.93. The number of hydrogen-bond donors (Lipinski definition) is 6. The summed E-state index contributed by atoms with van der Waals surface area (Å²) in [5.74, 6) is 0.213. The van der Waals surface area contributed by atoms with Gasteiger partial charge in [-0.1, -0.05) is 0 Å². The van der Waals surface area contributed by atoms with Crippen molar-refractivity contribution >= 4 is 11.4 Å². The van der Waals surface area contributed by atoms with Crippen LogP contribution in [0.2, 0.25) is 0 Å². The first-order chi connectivity index (χ1) is 16.4. The summed E-state index contributed by atoms with van der Waals surface area (Å²) in [4.78, 5) is 0. The lowest BCUT2D eigenvalue weighted by Gasteiger charge is -2.53. The summed E-state index contributed by atoms with van der Waals surface area (Å²) < 4.78 is 24.9. The zero-order valence-corrected chi connectivity index (χ0v) is 18.1. The Labute approximate surface area is 195 Å². The molecule has 0 saturated carbocycles. The van der Waals surface area contributed by atoms with E-state index in [9.17, 15) is 20.4 Å². The summed E-state index contributed by atoms with van der Waals surface area (Å²) in [5.41, 5.74) is 0.215. The molecular formula is C24H26N2O8. The lowest BCUT2D eigenvalue weighted by molar-refractivity contribution is -0.0834. The minimum atomic E-state index is -1.05. The maximum Gasteiger partial charge on any atom is 0.123 e. The van der Waals surface area contributed by atoms with E-state index in [0.717, 1.165) is 11.3 Å². The van der Waals surface area contributed by atoms with Gasteiger partial charge in [0.15, 0.2) is 0 Å². The van der Waals surface area contributed by atoms with Gasteiger partial charge in [-0.05, 0) is 42.5 Å². The van der Waals surface area contributed by atoms with Gasteiger partial charge in [-0.25, -0.2) is 0 Å². The summed E-state index contributed by atoms with van der Waals surface area (Å²) in [6.07, 6.45) is -4.50. The van der Waals surface area contributed by atoms with E-state index in [4.69, 9.17) is 18.9 Å². The number of aliphatic hydroxyl groups excluding tert-OH is 2. The van der Waals surface area contributed by atoms with Crippen molar-refractivity contribution in [2.45, 2.75) is 53.8 Å². The second kappa shape index (κ2) is 6.97. The van der Waals surface area contributed by atoms with E-state index in [0.29, 0.717) is 5.69 Å². The molecule has 1 spiro atoms. The van der Waals surface area contributed by atoms with Crippen LogP contribution >= 0.6 is 0 Å². The maximum absolute atomic E-state index is 10.7. The van der Waals surface area contributed by atoms with Crippen molar-refractivity contribution in [1.29, 1.82) is 0 Å². The minimum absolute atomic E-state index is 0.0808. The molecule has 7 rings (SSSR count). The number of benzene rings is 2. The fraction of sp³-hybridized carbons (Fsp3) is 0.500. The molecular weight excluding hydrogens is 444 g/mol. The predicted octanol–water partition coefficient (Wildman–Crippen LogP) is 0.255. The van der Waals surface area contributed by atoms with E-state index in [1.807, 2.05) is 0 Å². The standard InChI is InChI=1S/C24H26N2O8/c27-12-3-1-11(2-4-12)25-24-14-7-13(28)5-6-15(14)26-23(10-33-18-16(29)8-31-20(18)23)22(24)34-19-17(30)9-32-21(19)24/h1-7,16-22,25-30H,8-10H2/t16-,17-,18?,19?,20?,21?,22?,23?,24?/m1/s1. The quantitative estimate of drug-likeness (QED) is 0.338. The number of anilines is 2. The van der Waals surface area contributed by atoms with Crippen LogP contribution in [0.1, 0.15) is 5.56 Å². The minimum Gasteiger partial charge on any atom is -0.508 e. The number of fused-ring (bicyclic) bond motifs is 8. The fourth-order valence-electron chi connectivity index (χ4n) is 6.55. The van der Waals surface area contributed by atoms with Crippen LogP contribution in [0.4, 0.5) is 11.4 Å². The van der Waals surface area contributed by atoms with Crippen molar-refractivity contribution in [2.75, 3.05) is 30.5 Å². The molecule has 34 heavy (non-hydrogen) atoms. The smallest absolute Gasteiger partial charge is 0.123 e. The van der Waals surface area contributed by atoms with Gasteiger partial charge in [-0.15, -0.1) is 0 Å². The Morgan fingerprint density at radius 1 is 0.853 bits per heavy atom. The Balaban J connectivity index is 1.46. The summed E-state index contributed by atoms with van der Waals surface area (Å²) in [6.45, 7) is 0.477. The molecule has 0 aliphatic carbocycles. The highest BCUT2D eigenvalue weighted by molar-refractivity contribution is 5.68. The molecule has 2 aromatic carbocycles. The van der Waals surface area contributed by atoms with Gasteiger partial charge in [0.05, 0.1) is 19.8 Å². The molecule has 5 heterocycles. The number of aromatic hydroxyl groups is 2. The highest BCUT2D eigenvalue weighted by Gasteiger charge is 2.75. The molecule has 7 unspecified atom stereocenters. The highest BCUT2D eigenvalue weighted by Crippen LogP contribution is 2.59. The molecule has 0 radical (unpaired) electrons. The lowest BCUT2D eigenvalue weighted by atomic mass is 9.67. The van der Waals surface area contributed by atoms with E-state index in [1.54, 1.807) is 42.5 Å². The Morgan fingerprint density at radius 3 is 2.35 bits per heavy atom. The van der Waals surface area contributed by atoms with Gasteiger partial charge in [0.25, 0.3) is 0 Å². The van der Waals surface area contributed by atoms with Gasteiger partial charge in [-0.2, -0.15) is 0 Å². The van der Waals surface area contributed by atoms with Gasteiger partial charge in [0.2, 0.25) is 0 Å². The van der Waals surface area contributed by atoms with Crippen molar-refractivity contribution in [1.82, 2.24) is 0 Å². The summed E-state index contributed by atoms with van der Waals surface area (Å²) in [6, 6.07) is 11.7. The molecule has 5 aliphatic heterocycles. The second-order valence-corrected chi connectivity index (χ2v) is 9.84. The van der Waals surface area contributed by atoms with Crippen molar-refractivity contribution in [3.63, 3.8) is 0 Å². The molecule has 180 valence electrons. The van der Waals surface area contributed by atoms with Crippen LogP contribution in [-0.4, -0.2) is 88.5 Å². The van der Waals surface area contributed by atoms with Crippen molar-refractivity contribution in [3.05, 3.63) is 48.0 Å². The van der Waals surface area contributed by atoms with E-state index in [-0.39, 0.29) is 31.3 Å². The van der Waals surface area contributed by atoms with Crippen LogP contribution in [0.25, 0.3) is 0 Å². The van der Waals surface area contributed by atoms with E-state index in [1.165, 1.54) is 0 Å². The Hall–Kier alpha value is -2.60. The van der Waals surface area contributed by atoms with E-state index in [2.05, 4.69) is 10.6 Å². The SMILES string of the molecule is Oc1ccc(NC23c4cc(O)ccc4NC4(COC5C4OC[C@H]5O)C2OC2C3OC[C@H]2O)cc1. The van der Waals surface area contributed by atoms with Gasteiger partial charge in [0, 0.05) is 16.9 Å². The van der Waals surface area contributed by atoms with Gasteiger partial charge < -0.3 is 50.0 Å².